The average molecular weight is 544 g/mol. The predicted octanol–water partition coefficient (Wildman–Crippen LogP) is 3.68. The Morgan fingerprint density at radius 2 is 1.84 bits per heavy atom. The number of aromatic nitrogens is 2. The van der Waals surface area contributed by atoms with Crippen LogP contribution in [-0.4, -0.2) is 47.1 Å². The van der Waals surface area contributed by atoms with Crippen LogP contribution in [-0.2, 0) is 22.6 Å². The van der Waals surface area contributed by atoms with Crippen LogP contribution < -0.4 is 10.5 Å². The largest absolute Gasteiger partial charge is 0.394 e. The summed E-state index contributed by atoms with van der Waals surface area (Å²) < 4.78 is 54.9. The molecule has 11 heteroatoms. The zero-order valence-corrected chi connectivity index (χ0v) is 21.6. The Morgan fingerprint density at radius 3 is 2.53 bits per heavy atom. The van der Waals surface area contributed by atoms with Gasteiger partial charge in [-0.2, -0.15) is 0 Å². The third kappa shape index (κ3) is 4.61. The van der Waals surface area contributed by atoms with Crippen LogP contribution in [0.25, 0.3) is 22.0 Å². The van der Waals surface area contributed by atoms with Gasteiger partial charge in [-0.1, -0.05) is 6.07 Å². The van der Waals surface area contributed by atoms with Gasteiger partial charge in [-0.3, -0.25) is 4.79 Å². The van der Waals surface area contributed by atoms with Crippen LogP contribution >= 0.6 is 0 Å². The van der Waals surface area contributed by atoms with Crippen molar-refractivity contribution >= 4 is 32.1 Å². The van der Waals surface area contributed by atoms with E-state index in [4.69, 9.17) is 0 Å². The molecule has 2 atom stereocenters. The van der Waals surface area contributed by atoms with Gasteiger partial charge < -0.3 is 24.7 Å². The van der Waals surface area contributed by atoms with E-state index < -0.39 is 40.2 Å². The van der Waals surface area contributed by atoms with Crippen molar-refractivity contribution in [1.82, 2.24) is 9.55 Å². The molecular weight excluding hydrogens is 516 g/mol. The van der Waals surface area contributed by atoms with Crippen LogP contribution in [0, 0.1) is 11.6 Å². The zero-order chi connectivity index (χ0) is 27.4. The highest BCUT2D eigenvalue weighted by atomic mass is 32.2. The van der Waals surface area contributed by atoms with E-state index in [1.54, 1.807) is 42.5 Å². The first-order valence-corrected chi connectivity index (χ1v) is 14.1. The molecular formula is C27H27F2N3O5S. The van der Waals surface area contributed by atoms with Crippen molar-refractivity contribution in [3.8, 4) is 11.1 Å². The summed E-state index contributed by atoms with van der Waals surface area (Å²) in [6, 6.07) is 7.69. The molecule has 38 heavy (non-hydrogen) atoms. The lowest BCUT2D eigenvalue weighted by Gasteiger charge is -2.34. The molecule has 4 aromatic rings. The summed E-state index contributed by atoms with van der Waals surface area (Å²) in [5, 5.41) is 20.2. The number of hydrogen-bond donors (Lipinski definition) is 3. The highest BCUT2D eigenvalue weighted by molar-refractivity contribution is 7.89. The van der Waals surface area contributed by atoms with Crippen LogP contribution in [0.2, 0.25) is 0 Å². The average Bonchev–Trinajstić information content (AvgIpc) is 3.25. The fourth-order valence-electron chi connectivity index (χ4n) is 5.27. The molecule has 200 valence electrons. The van der Waals surface area contributed by atoms with Crippen LogP contribution in [0.3, 0.4) is 0 Å². The molecule has 0 spiro atoms. The van der Waals surface area contributed by atoms with Crippen LogP contribution in [0.15, 0.2) is 53.6 Å². The molecule has 1 aliphatic heterocycles. The molecule has 2 unspecified atom stereocenters. The third-order valence-electron chi connectivity index (χ3n) is 6.90. The molecule has 0 amide bonds. The van der Waals surface area contributed by atoms with Gasteiger partial charge in [0.1, 0.15) is 17.2 Å². The van der Waals surface area contributed by atoms with Gasteiger partial charge >= 0.3 is 0 Å². The highest BCUT2D eigenvalue weighted by Gasteiger charge is 2.34. The van der Waals surface area contributed by atoms with E-state index in [0.717, 1.165) is 18.4 Å². The Balaban J connectivity index is 1.86. The van der Waals surface area contributed by atoms with Crippen LogP contribution in [0.4, 0.5) is 20.2 Å². The number of sulfone groups is 1. The third-order valence-corrected chi connectivity index (χ3v) is 7.76. The van der Waals surface area contributed by atoms with E-state index in [1.807, 2.05) is 0 Å². The molecule has 8 nitrogen and oxygen atoms in total. The van der Waals surface area contributed by atoms with Gasteiger partial charge in [0.05, 0.1) is 30.2 Å². The molecule has 0 saturated heterocycles. The topological polar surface area (TPSA) is 116 Å². The van der Waals surface area contributed by atoms with E-state index >= 15 is 4.39 Å². The van der Waals surface area contributed by atoms with E-state index in [1.165, 1.54) is 10.6 Å². The maximum atomic E-state index is 15.4. The number of nitrogens with one attached hydrogen (secondary N) is 1. The summed E-state index contributed by atoms with van der Waals surface area (Å²) in [6.07, 6.45) is 3.86. The second kappa shape index (κ2) is 9.64. The van der Waals surface area contributed by atoms with Crippen molar-refractivity contribution in [2.75, 3.05) is 17.8 Å². The number of aliphatic hydroxyl groups is 2. The fraction of sp³-hybridized carbons (Fsp3) is 0.296. The fourth-order valence-corrected chi connectivity index (χ4v) is 6.05. The quantitative estimate of drug-likeness (QED) is 0.328. The summed E-state index contributed by atoms with van der Waals surface area (Å²) in [4.78, 5) is 17.8. The van der Waals surface area contributed by atoms with Gasteiger partial charge in [-0.15, -0.1) is 0 Å². The van der Waals surface area contributed by atoms with Gasteiger partial charge in [0.25, 0.3) is 5.56 Å². The Bertz CT molecular complexity index is 1710. The summed E-state index contributed by atoms with van der Waals surface area (Å²) in [5.41, 5.74) is 3.02. The van der Waals surface area contributed by atoms with Crippen molar-refractivity contribution in [3.63, 3.8) is 0 Å². The number of rotatable bonds is 7. The summed E-state index contributed by atoms with van der Waals surface area (Å²) in [7, 11) is -1.76. The van der Waals surface area contributed by atoms with Crippen molar-refractivity contribution in [1.29, 1.82) is 0 Å². The summed E-state index contributed by atoms with van der Waals surface area (Å²) in [6.45, 7) is -0.456. The molecule has 5 rings (SSSR count). The van der Waals surface area contributed by atoms with E-state index in [2.05, 4.69) is 4.98 Å². The first-order chi connectivity index (χ1) is 18.0. The number of anilines is 2. The molecule has 0 bridgehead atoms. The molecule has 3 N–H and O–H groups in total. The first kappa shape index (κ1) is 26.1. The minimum absolute atomic E-state index is 0.0703. The van der Waals surface area contributed by atoms with Gasteiger partial charge in [0.15, 0.2) is 9.84 Å². The number of hydrogen-bond acceptors (Lipinski definition) is 6. The lowest BCUT2D eigenvalue weighted by molar-refractivity contribution is 0.0850. The Morgan fingerprint density at radius 1 is 1.11 bits per heavy atom. The van der Waals surface area contributed by atoms with Crippen molar-refractivity contribution in [2.24, 2.45) is 7.05 Å². The number of aliphatic hydroxyl groups excluding tert-OH is 2. The number of H-pyrrole nitrogens is 1. The zero-order valence-electron chi connectivity index (χ0n) is 20.8. The lowest BCUT2D eigenvalue weighted by Crippen LogP contribution is -2.26. The molecule has 0 aliphatic carbocycles. The van der Waals surface area contributed by atoms with Crippen molar-refractivity contribution in [2.45, 2.75) is 30.7 Å². The highest BCUT2D eigenvalue weighted by Crippen LogP contribution is 2.50. The number of fused-ring (bicyclic) bond motifs is 2. The molecule has 3 heterocycles. The van der Waals surface area contributed by atoms with Gasteiger partial charge in [-0.05, 0) is 42.7 Å². The monoisotopic (exact) mass is 543 g/mol. The minimum Gasteiger partial charge on any atom is -0.394 e. The Hall–Kier alpha value is -3.54. The van der Waals surface area contributed by atoms with Crippen LogP contribution in [0.1, 0.15) is 30.0 Å². The smallest absolute Gasteiger partial charge is 0.274 e. The number of aromatic amines is 1. The minimum atomic E-state index is -3.37. The predicted molar refractivity (Wildman–Crippen MR) is 141 cm³/mol. The molecule has 0 radical (unpaired) electrons. The van der Waals surface area contributed by atoms with E-state index in [9.17, 15) is 27.8 Å². The van der Waals surface area contributed by atoms with Gasteiger partial charge in [-0.25, -0.2) is 17.2 Å². The van der Waals surface area contributed by atoms with Crippen molar-refractivity contribution < 1.29 is 27.4 Å². The van der Waals surface area contributed by atoms with E-state index in [-0.39, 0.29) is 29.8 Å². The number of halogens is 2. The molecule has 0 saturated carbocycles. The second-order valence-corrected chi connectivity index (χ2v) is 11.9. The van der Waals surface area contributed by atoms with Crippen molar-refractivity contribution in [3.05, 3.63) is 81.9 Å². The summed E-state index contributed by atoms with van der Waals surface area (Å²) in [5.74, 6) is -1.77. The van der Waals surface area contributed by atoms with E-state index in [0.29, 0.717) is 38.8 Å². The Kier molecular flexibility index (Phi) is 6.62. The normalized spacial score (nSPS) is 15.9. The number of aryl methyl sites for hydroxylation is 1. The SMILES string of the molecule is Cn1cc2c3c(c[nH]c3c1=O)C(CCC(O)CO)N(c1ccc(F)cc1F)c1ccc(CS(C)(=O)=O)cc1-2. The van der Waals surface area contributed by atoms with Gasteiger partial charge in [0.2, 0.25) is 0 Å². The maximum absolute atomic E-state index is 15.4. The number of nitrogens with zero attached hydrogens (tertiary/aromatic N) is 2. The Labute approximate surface area is 217 Å². The standard InChI is InChI=1S/C27H27F2N3O5S/c1-31-12-20-18-9-15(14-38(2,36)37)3-6-22(18)32(24-7-4-16(28)10-21(24)29)23(8-5-17(34)13-33)19-11-30-26(25(19)20)27(31)35/h3-4,6-7,9-12,17,23,30,33-34H,5,8,13-14H2,1-2H3. The lowest BCUT2D eigenvalue weighted by atomic mass is 9.96. The molecule has 0 fully saturated rings. The molecule has 1 aliphatic rings. The summed E-state index contributed by atoms with van der Waals surface area (Å²) >= 11 is 0. The van der Waals surface area contributed by atoms with Crippen LogP contribution in [0.5, 0.6) is 0 Å². The van der Waals surface area contributed by atoms with Gasteiger partial charge in [0, 0.05) is 59.5 Å². The molecule has 2 aromatic carbocycles. The number of pyridine rings is 1. The molecule has 2 aromatic heterocycles. The number of benzene rings is 2. The first-order valence-electron chi connectivity index (χ1n) is 12.0. The maximum Gasteiger partial charge on any atom is 0.274 e. The second-order valence-electron chi connectivity index (χ2n) is 9.77.